The molecule has 1 heterocycles. The first-order valence-corrected chi connectivity index (χ1v) is 8.70. The van der Waals surface area contributed by atoms with Crippen LogP contribution in [0.3, 0.4) is 0 Å². The summed E-state index contributed by atoms with van der Waals surface area (Å²) in [5.74, 6) is 2.05. The molecule has 3 heteroatoms. The van der Waals surface area contributed by atoms with Gasteiger partial charge >= 0.3 is 0 Å². The van der Waals surface area contributed by atoms with Crippen LogP contribution in [0.15, 0.2) is 54.9 Å². The second kappa shape index (κ2) is 6.60. The highest BCUT2D eigenvalue weighted by molar-refractivity contribution is 5.74. The highest BCUT2D eigenvalue weighted by atomic mass is 16.5. The zero-order chi connectivity index (χ0) is 16.4. The summed E-state index contributed by atoms with van der Waals surface area (Å²) in [6.07, 6.45) is 8.62. The maximum Gasteiger partial charge on any atom is 0.118 e. The van der Waals surface area contributed by atoms with Crippen molar-refractivity contribution in [3.05, 3.63) is 66.0 Å². The molecule has 2 unspecified atom stereocenters. The van der Waals surface area contributed by atoms with Crippen LogP contribution in [0, 0.1) is 0 Å². The van der Waals surface area contributed by atoms with Gasteiger partial charge in [-0.1, -0.05) is 31.0 Å². The van der Waals surface area contributed by atoms with Gasteiger partial charge in [0.25, 0.3) is 0 Å². The molecule has 1 aliphatic carbocycles. The van der Waals surface area contributed by atoms with Gasteiger partial charge in [0.2, 0.25) is 0 Å². The average molecular weight is 318 g/mol. The fourth-order valence-corrected chi connectivity index (χ4v) is 3.99. The summed E-state index contributed by atoms with van der Waals surface area (Å²) < 4.78 is 5.30. The third kappa shape index (κ3) is 2.86. The molecule has 122 valence electrons. The van der Waals surface area contributed by atoms with E-state index in [1.807, 2.05) is 0 Å². The Hall–Kier alpha value is -2.42. The molecule has 0 bridgehead atoms. The van der Waals surface area contributed by atoms with E-state index in [1.54, 1.807) is 19.5 Å². The Kier molecular flexibility index (Phi) is 4.16. The standard InChI is InChI=1S/C21H22N2O/c1-24-17-9-6-15(7-10-17)18-4-2-3-5-19(18)16-8-11-20-21(14-16)23-13-12-22-20/h6-14,18-19H,2-5H2,1H3. The number of aromatic nitrogens is 2. The molecule has 24 heavy (non-hydrogen) atoms. The molecule has 0 amide bonds. The maximum absolute atomic E-state index is 5.30. The lowest BCUT2D eigenvalue weighted by atomic mass is 9.72. The predicted octanol–water partition coefficient (Wildman–Crippen LogP) is 5.08. The minimum absolute atomic E-state index is 0.554. The van der Waals surface area contributed by atoms with Gasteiger partial charge in [-0.3, -0.25) is 9.97 Å². The number of benzene rings is 2. The summed E-state index contributed by atoms with van der Waals surface area (Å²) in [6, 6.07) is 15.2. The minimum atomic E-state index is 0.554. The zero-order valence-corrected chi connectivity index (χ0v) is 14.0. The van der Waals surface area contributed by atoms with Crippen LogP contribution in [0.25, 0.3) is 11.0 Å². The Labute approximate surface area is 142 Å². The van der Waals surface area contributed by atoms with Crippen LogP contribution in [-0.4, -0.2) is 17.1 Å². The Balaban J connectivity index is 1.69. The summed E-state index contributed by atoms with van der Waals surface area (Å²) in [7, 11) is 1.72. The third-order valence-electron chi connectivity index (χ3n) is 5.23. The first-order chi connectivity index (χ1) is 11.8. The van der Waals surface area contributed by atoms with Gasteiger partial charge < -0.3 is 4.74 Å². The minimum Gasteiger partial charge on any atom is -0.497 e. The van der Waals surface area contributed by atoms with Gasteiger partial charge in [0.15, 0.2) is 0 Å². The first-order valence-electron chi connectivity index (χ1n) is 8.70. The van der Waals surface area contributed by atoms with E-state index in [0.29, 0.717) is 11.8 Å². The molecule has 0 radical (unpaired) electrons. The number of nitrogens with zero attached hydrogens (tertiary/aromatic N) is 2. The van der Waals surface area contributed by atoms with E-state index < -0.39 is 0 Å². The van der Waals surface area contributed by atoms with Gasteiger partial charge in [-0.25, -0.2) is 0 Å². The van der Waals surface area contributed by atoms with Crippen LogP contribution in [-0.2, 0) is 0 Å². The molecule has 0 spiro atoms. The van der Waals surface area contributed by atoms with Crippen molar-refractivity contribution in [1.82, 2.24) is 9.97 Å². The SMILES string of the molecule is COc1ccc(C2CCCCC2c2ccc3nccnc3c2)cc1. The molecule has 2 atom stereocenters. The number of hydrogen-bond donors (Lipinski definition) is 0. The van der Waals surface area contributed by atoms with Crippen LogP contribution < -0.4 is 4.74 Å². The molecular formula is C21H22N2O. The predicted molar refractivity (Wildman–Crippen MR) is 96.5 cm³/mol. The molecule has 1 fully saturated rings. The molecule has 4 rings (SSSR count). The highest BCUT2D eigenvalue weighted by Gasteiger charge is 2.28. The van der Waals surface area contributed by atoms with Crippen molar-refractivity contribution in [1.29, 1.82) is 0 Å². The molecule has 0 aliphatic heterocycles. The van der Waals surface area contributed by atoms with E-state index in [-0.39, 0.29) is 0 Å². The number of ether oxygens (including phenoxy) is 1. The molecule has 2 aromatic carbocycles. The van der Waals surface area contributed by atoms with E-state index in [1.165, 1.54) is 36.8 Å². The highest BCUT2D eigenvalue weighted by Crippen LogP contribution is 2.44. The quantitative estimate of drug-likeness (QED) is 0.675. The molecule has 3 nitrogen and oxygen atoms in total. The Bertz CT molecular complexity index is 829. The fourth-order valence-electron chi connectivity index (χ4n) is 3.99. The Morgan fingerprint density at radius 1 is 0.792 bits per heavy atom. The van der Waals surface area contributed by atoms with Crippen molar-refractivity contribution >= 4 is 11.0 Å². The van der Waals surface area contributed by atoms with Gasteiger partial charge in [0.05, 0.1) is 18.1 Å². The van der Waals surface area contributed by atoms with Gasteiger partial charge in [-0.05, 0) is 60.1 Å². The van der Waals surface area contributed by atoms with E-state index in [4.69, 9.17) is 4.74 Å². The third-order valence-corrected chi connectivity index (χ3v) is 5.23. The van der Waals surface area contributed by atoms with E-state index >= 15 is 0 Å². The van der Waals surface area contributed by atoms with Gasteiger partial charge in [0.1, 0.15) is 5.75 Å². The lowest BCUT2D eigenvalue weighted by Crippen LogP contribution is -2.16. The second-order valence-corrected chi connectivity index (χ2v) is 6.58. The lowest BCUT2D eigenvalue weighted by molar-refractivity contribution is 0.385. The van der Waals surface area contributed by atoms with Crippen LogP contribution in [0.5, 0.6) is 5.75 Å². The van der Waals surface area contributed by atoms with Crippen LogP contribution in [0.1, 0.15) is 48.6 Å². The smallest absolute Gasteiger partial charge is 0.118 e. The largest absolute Gasteiger partial charge is 0.497 e. The van der Waals surface area contributed by atoms with Crippen molar-refractivity contribution in [2.24, 2.45) is 0 Å². The summed E-state index contributed by atoms with van der Waals surface area (Å²) >= 11 is 0. The second-order valence-electron chi connectivity index (χ2n) is 6.58. The molecule has 1 saturated carbocycles. The maximum atomic E-state index is 5.30. The Morgan fingerprint density at radius 2 is 1.42 bits per heavy atom. The fraction of sp³-hybridized carbons (Fsp3) is 0.333. The summed E-state index contributed by atoms with van der Waals surface area (Å²) in [6.45, 7) is 0. The molecular weight excluding hydrogens is 296 g/mol. The average Bonchev–Trinajstić information content (AvgIpc) is 2.68. The first kappa shape index (κ1) is 15.1. The van der Waals surface area contributed by atoms with Crippen LogP contribution in [0.2, 0.25) is 0 Å². The molecule has 3 aromatic rings. The number of methoxy groups -OCH3 is 1. The number of hydrogen-bond acceptors (Lipinski definition) is 3. The van der Waals surface area contributed by atoms with Crippen molar-refractivity contribution in [3.8, 4) is 5.75 Å². The van der Waals surface area contributed by atoms with Crippen molar-refractivity contribution in [2.75, 3.05) is 7.11 Å². The van der Waals surface area contributed by atoms with Crippen molar-refractivity contribution in [2.45, 2.75) is 37.5 Å². The van der Waals surface area contributed by atoms with Crippen molar-refractivity contribution in [3.63, 3.8) is 0 Å². The van der Waals surface area contributed by atoms with E-state index in [0.717, 1.165) is 16.8 Å². The van der Waals surface area contributed by atoms with Gasteiger partial charge in [0, 0.05) is 12.4 Å². The molecule has 0 N–H and O–H groups in total. The van der Waals surface area contributed by atoms with Gasteiger partial charge in [-0.2, -0.15) is 0 Å². The Morgan fingerprint density at radius 3 is 2.12 bits per heavy atom. The monoisotopic (exact) mass is 318 g/mol. The van der Waals surface area contributed by atoms with E-state index in [9.17, 15) is 0 Å². The summed E-state index contributed by atoms with van der Waals surface area (Å²) in [5.41, 5.74) is 4.77. The van der Waals surface area contributed by atoms with Crippen LogP contribution in [0.4, 0.5) is 0 Å². The topological polar surface area (TPSA) is 35.0 Å². The van der Waals surface area contributed by atoms with Crippen molar-refractivity contribution < 1.29 is 4.74 Å². The molecule has 1 aliphatic rings. The lowest BCUT2D eigenvalue weighted by Gasteiger charge is -2.32. The number of fused-ring (bicyclic) bond motifs is 1. The number of rotatable bonds is 3. The van der Waals surface area contributed by atoms with E-state index in [2.05, 4.69) is 52.4 Å². The zero-order valence-electron chi connectivity index (χ0n) is 14.0. The van der Waals surface area contributed by atoms with Crippen LogP contribution >= 0.6 is 0 Å². The normalized spacial score (nSPS) is 20.9. The summed E-state index contributed by atoms with van der Waals surface area (Å²) in [4.78, 5) is 8.87. The summed E-state index contributed by atoms with van der Waals surface area (Å²) in [5, 5.41) is 0. The molecule has 1 aromatic heterocycles. The molecule has 0 saturated heterocycles. The van der Waals surface area contributed by atoms with Gasteiger partial charge in [-0.15, -0.1) is 0 Å².